The molecule has 0 bridgehead atoms. The van der Waals surface area contributed by atoms with Gasteiger partial charge in [-0.1, -0.05) is 12.1 Å². The lowest BCUT2D eigenvalue weighted by Crippen LogP contribution is -2.16. The Labute approximate surface area is 206 Å². The van der Waals surface area contributed by atoms with Crippen LogP contribution in [0.2, 0.25) is 0 Å². The molecule has 4 rings (SSSR count). The Balaban J connectivity index is 0.00000193. The van der Waals surface area contributed by atoms with E-state index in [1.165, 1.54) is 18.3 Å². The van der Waals surface area contributed by atoms with Crippen LogP contribution in [0.1, 0.15) is 31.4 Å². The Kier molecular flexibility index (Phi) is 7.51. The predicted molar refractivity (Wildman–Crippen MR) is 142 cm³/mol. The maximum atomic E-state index is 13.7. The van der Waals surface area contributed by atoms with E-state index in [0.29, 0.717) is 35.7 Å². The number of nitrogens with zero attached hydrogens (tertiary/aromatic N) is 2. The minimum atomic E-state index is -2.48. The molecule has 0 amide bonds. The second-order valence-electron chi connectivity index (χ2n) is 8.03. The van der Waals surface area contributed by atoms with Gasteiger partial charge in [0, 0.05) is 71.2 Å². The molecule has 0 aliphatic carbocycles. The van der Waals surface area contributed by atoms with Crippen LogP contribution in [0.3, 0.4) is 0 Å². The van der Waals surface area contributed by atoms with Crippen molar-refractivity contribution in [3.63, 3.8) is 0 Å². The quantitative estimate of drug-likeness (QED) is 0.237. The minimum absolute atomic E-state index is 0. The third-order valence-electron chi connectivity index (χ3n) is 5.42. The summed E-state index contributed by atoms with van der Waals surface area (Å²) in [5, 5.41) is 9.22. The van der Waals surface area contributed by atoms with Crippen molar-refractivity contribution in [2.45, 2.75) is 18.8 Å². The molecule has 1 aliphatic rings. The maximum Gasteiger partial charge on any atom is 0.169 e. The number of nitrogens with one attached hydrogen (secondary N) is 1. The number of nitrogens with two attached hydrogens (primary N) is 1. The molecular formula is C23H28FIN4O2S. The van der Waals surface area contributed by atoms with Crippen molar-refractivity contribution < 1.29 is 14.8 Å². The molecular weight excluding hydrogens is 542 g/mol. The van der Waals surface area contributed by atoms with Crippen molar-refractivity contribution in [3.8, 4) is 11.1 Å². The number of nitrogen functional groups attached to an aromatic ring is 1. The van der Waals surface area contributed by atoms with Crippen molar-refractivity contribution >= 4 is 62.2 Å². The SMILES string of the molecule is CS(C)(=O)=Nc1nc(C2CCOCC2)c(-c2ccc(F)cc2)c2cc(C=N)c(N)cc12.I.[HH]. The van der Waals surface area contributed by atoms with Crippen LogP contribution in [0.5, 0.6) is 0 Å². The lowest BCUT2D eigenvalue weighted by molar-refractivity contribution is 0.0847. The van der Waals surface area contributed by atoms with Gasteiger partial charge in [-0.3, -0.25) is 0 Å². The molecule has 6 nitrogen and oxygen atoms in total. The van der Waals surface area contributed by atoms with E-state index in [4.69, 9.17) is 20.9 Å². The fraction of sp³-hybridized carbons (Fsp3) is 0.304. The predicted octanol–water partition coefficient (Wildman–Crippen LogP) is 5.74. The third kappa shape index (κ3) is 5.10. The minimum Gasteiger partial charge on any atom is -0.398 e. The molecule has 3 aromatic rings. The van der Waals surface area contributed by atoms with Crippen molar-refractivity contribution in [1.82, 2.24) is 4.98 Å². The second-order valence-corrected chi connectivity index (χ2v) is 10.6. The van der Waals surface area contributed by atoms with Crippen molar-refractivity contribution in [1.29, 1.82) is 5.41 Å². The molecule has 32 heavy (non-hydrogen) atoms. The van der Waals surface area contributed by atoms with E-state index in [1.54, 1.807) is 30.7 Å². The van der Waals surface area contributed by atoms with Crippen LogP contribution in [0.4, 0.5) is 15.9 Å². The van der Waals surface area contributed by atoms with Gasteiger partial charge < -0.3 is 15.9 Å². The fourth-order valence-electron chi connectivity index (χ4n) is 3.98. The molecule has 2 heterocycles. The highest BCUT2D eigenvalue weighted by Crippen LogP contribution is 2.42. The van der Waals surface area contributed by atoms with Crippen LogP contribution in [-0.4, -0.2) is 41.1 Å². The summed E-state index contributed by atoms with van der Waals surface area (Å²) in [5.74, 6) is 0.180. The topological polar surface area (TPSA) is 101 Å². The number of aromatic nitrogens is 1. The smallest absolute Gasteiger partial charge is 0.169 e. The fourth-order valence-corrected chi connectivity index (χ4v) is 4.54. The van der Waals surface area contributed by atoms with Gasteiger partial charge in [0.1, 0.15) is 5.82 Å². The molecule has 1 saturated heterocycles. The molecule has 9 heteroatoms. The molecule has 0 saturated carbocycles. The summed E-state index contributed by atoms with van der Waals surface area (Å²) in [6, 6.07) is 9.88. The number of halogens is 2. The molecule has 0 radical (unpaired) electrons. The first-order chi connectivity index (χ1) is 14.8. The van der Waals surface area contributed by atoms with Crippen molar-refractivity contribution in [2.75, 3.05) is 31.5 Å². The summed E-state index contributed by atoms with van der Waals surface area (Å²) >= 11 is 0. The first-order valence-corrected chi connectivity index (χ1v) is 12.4. The molecule has 3 N–H and O–H groups in total. The van der Waals surface area contributed by atoms with Gasteiger partial charge in [0.15, 0.2) is 5.82 Å². The van der Waals surface area contributed by atoms with Gasteiger partial charge >= 0.3 is 0 Å². The average molecular weight is 570 g/mol. The number of benzene rings is 2. The van der Waals surface area contributed by atoms with Crippen LogP contribution < -0.4 is 5.73 Å². The van der Waals surface area contributed by atoms with E-state index in [-0.39, 0.29) is 37.1 Å². The lowest BCUT2D eigenvalue weighted by atomic mass is 9.86. The van der Waals surface area contributed by atoms with Crippen LogP contribution >= 0.6 is 24.0 Å². The number of anilines is 1. The van der Waals surface area contributed by atoms with E-state index >= 15 is 0 Å². The van der Waals surface area contributed by atoms with E-state index in [9.17, 15) is 8.60 Å². The van der Waals surface area contributed by atoms with E-state index in [0.717, 1.165) is 35.0 Å². The van der Waals surface area contributed by atoms with E-state index < -0.39 is 9.73 Å². The van der Waals surface area contributed by atoms with Crippen LogP contribution in [0.15, 0.2) is 40.8 Å². The number of hydrogen-bond donors (Lipinski definition) is 2. The van der Waals surface area contributed by atoms with Crippen LogP contribution in [-0.2, 0) is 14.5 Å². The van der Waals surface area contributed by atoms with Gasteiger partial charge in [-0.05, 0) is 48.1 Å². The Morgan fingerprint density at radius 1 is 1.22 bits per heavy atom. The summed E-state index contributed by atoms with van der Waals surface area (Å²) < 4.78 is 36.2. The zero-order chi connectivity index (χ0) is 22.2. The molecule has 1 aliphatic heterocycles. The third-order valence-corrected chi connectivity index (χ3v) is 6.03. The van der Waals surface area contributed by atoms with Crippen LogP contribution in [0.25, 0.3) is 21.9 Å². The molecule has 0 spiro atoms. The summed E-state index contributed by atoms with van der Waals surface area (Å²) in [6.07, 6.45) is 5.94. The van der Waals surface area contributed by atoms with Crippen molar-refractivity contribution in [2.24, 2.45) is 4.36 Å². The first kappa shape index (κ1) is 24.5. The Morgan fingerprint density at radius 3 is 2.47 bits per heavy atom. The molecule has 0 unspecified atom stereocenters. The largest absolute Gasteiger partial charge is 0.398 e. The molecule has 1 fully saturated rings. The maximum absolute atomic E-state index is 13.7. The van der Waals surface area contributed by atoms with Gasteiger partial charge in [-0.15, -0.1) is 24.0 Å². The summed E-state index contributed by atoms with van der Waals surface area (Å²) in [5.41, 5.74) is 9.66. The summed E-state index contributed by atoms with van der Waals surface area (Å²) in [7, 11) is -2.48. The van der Waals surface area contributed by atoms with Gasteiger partial charge in [-0.25, -0.2) is 13.6 Å². The van der Waals surface area contributed by atoms with Gasteiger partial charge in [-0.2, -0.15) is 4.36 Å². The number of rotatable bonds is 4. The zero-order valence-electron chi connectivity index (χ0n) is 17.9. The van der Waals surface area contributed by atoms with Crippen molar-refractivity contribution in [3.05, 3.63) is 53.5 Å². The molecule has 0 atom stereocenters. The molecule has 2 aromatic carbocycles. The van der Waals surface area contributed by atoms with E-state index in [1.807, 2.05) is 6.07 Å². The molecule has 172 valence electrons. The van der Waals surface area contributed by atoms with Crippen LogP contribution in [0, 0.1) is 11.2 Å². The Morgan fingerprint density at radius 2 is 1.88 bits per heavy atom. The summed E-state index contributed by atoms with van der Waals surface area (Å²) in [6.45, 7) is 1.26. The van der Waals surface area contributed by atoms with Gasteiger partial charge in [0.05, 0.1) is 5.69 Å². The van der Waals surface area contributed by atoms with E-state index in [2.05, 4.69) is 4.36 Å². The second kappa shape index (κ2) is 9.80. The highest BCUT2D eigenvalue weighted by Gasteiger charge is 2.25. The highest BCUT2D eigenvalue weighted by molar-refractivity contribution is 14.0. The average Bonchev–Trinajstić information content (AvgIpc) is 2.74. The normalized spacial score (nSPS) is 14.7. The molecule has 1 aromatic heterocycles. The summed E-state index contributed by atoms with van der Waals surface area (Å²) in [4.78, 5) is 4.90. The number of hydrogen-bond acceptors (Lipinski definition) is 6. The first-order valence-electron chi connectivity index (χ1n) is 10.1. The number of fused-ring (bicyclic) bond motifs is 1. The number of pyridine rings is 1. The number of ether oxygens (including phenoxy) is 1. The van der Waals surface area contributed by atoms with Gasteiger partial charge in [0.25, 0.3) is 0 Å². The Hall–Kier alpha value is -2.11. The zero-order valence-corrected chi connectivity index (χ0v) is 21.1. The standard InChI is InChI=1S/C23H25FN4O2S.HI.H2/c1-31(2,29)28-23-19-12-20(26)16(13-25)11-18(19)21(14-3-5-17(24)6-4-14)22(27-23)15-7-9-30-10-8-15;;/h3-6,11-13,15,25H,7-10,26H2,1-2H3;2*1H. The van der Waals surface area contributed by atoms with Gasteiger partial charge in [0.2, 0.25) is 0 Å². The lowest BCUT2D eigenvalue weighted by Gasteiger charge is -2.25. The monoisotopic (exact) mass is 570 g/mol. The highest BCUT2D eigenvalue weighted by atomic mass is 127. The Bertz CT molecular complexity index is 1280.